The van der Waals surface area contributed by atoms with Crippen LogP contribution in [-0.2, 0) is 12.8 Å². The van der Waals surface area contributed by atoms with E-state index in [1.165, 1.54) is 10.4 Å². The summed E-state index contributed by atoms with van der Waals surface area (Å²) in [6.45, 7) is 0. The number of thiazole rings is 1. The molecule has 138 valence electrons. The normalized spacial score (nSPS) is 12.9. The van der Waals surface area contributed by atoms with E-state index in [1.54, 1.807) is 30.7 Å². The molecule has 0 saturated carbocycles. The van der Waals surface area contributed by atoms with Gasteiger partial charge in [-0.3, -0.25) is 0 Å². The molecule has 0 amide bonds. The third kappa shape index (κ3) is 2.84. The number of fused-ring (bicyclic) bond motifs is 4. The van der Waals surface area contributed by atoms with Gasteiger partial charge in [0, 0.05) is 22.2 Å². The van der Waals surface area contributed by atoms with E-state index in [1.807, 2.05) is 36.4 Å². The zero-order valence-corrected chi connectivity index (χ0v) is 16.2. The van der Waals surface area contributed by atoms with Crippen LogP contribution >= 0.6 is 11.3 Å². The second kappa shape index (κ2) is 6.77. The van der Waals surface area contributed by atoms with Crippen molar-refractivity contribution in [2.24, 2.45) is 4.99 Å². The van der Waals surface area contributed by atoms with E-state index in [2.05, 4.69) is 17.1 Å². The van der Waals surface area contributed by atoms with Gasteiger partial charge >= 0.3 is 0 Å². The highest BCUT2D eigenvalue weighted by atomic mass is 32.1. The van der Waals surface area contributed by atoms with Crippen LogP contribution in [0.5, 0.6) is 11.5 Å². The lowest BCUT2D eigenvalue weighted by Crippen LogP contribution is -2.02. The zero-order chi connectivity index (χ0) is 19.1. The van der Waals surface area contributed by atoms with Crippen LogP contribution in [0.3, 0.4) is 0 Å². The molecule has 28 heavy (non-hydrogen) atoms. The topological polar surface area (TPSA) is 54.7 Å². The number of hydrogen-bond donors (Lipinski definition) is 1. The fourth-order valence-corrected chi connectivity index (χ4v) is 4.62. The summed E-state index contributed by atoms with van der Waals surface area (Å²) >= 11 is 1.62. The Morgan fingerprint density at radius 2 is 2.00 bits per heavy atom. The van der Waals surface area contributed by atoms with E-state index in [-0.39, 0.29) is 5.75 Å². The summed E-state index contributed by atoms with van der Waals surface area (Å²) in [7, 11) is 1.69. The molecule has 1 aliphatic rings. The maximum atomic E-state index is 10.3. The van der Waals surface area contributed by atoms with Gasteiger partial charge in [0.05, 0.1) is 12.8 Å². The number of rotatable bonds is 3. The molecule has 0 aliphatic heterocycles. The van der Waals surface area contributed by atoms with Crippen LogP contribution in [0, 0.1) is 0 Å². The van der Waals surface area contributed by atoms with Crippen molar-refractivity contribution in [2.45, 2.75) is 12.8 Å². The number of aliphatic imine (C=N–C) groups is 1. The summed E-state index contributed by atoms with van der Waals surface area (Å²) in [6.07, 6.45) is 3.66. The van der Waals surface area contributed by atoms with Crippen LogP contribution < -0.4 is 4.74 Å². The molecule has 0 spiro atoms. The van der Waals surface area contributed by atoms with Gasteiger partial charge in [0.15, 0.2) is 0 Å². The first-order chi connectivity index (χ1) is 13.7. The summed E-state index contributed by atoms with van der Waals surface area (Å²) in [5.41, 5.74) is 4.16. The minimum Gasteiger partial charge on any atom is -0.507 e. The Kier molecular flexibility index (Phi) is 4.10. The smallest absolute Gasteiger partial charge is 0.209 e. The van der Waals surface area contributed by atoms with E-state index in [9.17, 15) is 5.11 Å². The van der Waals surface area contributed by atoms with Crippen molar-refractivity contribution in [2.75, 3.05) is 7.11 Å². The van der Waals surface area contributed by atoms with Crippen LogP contribution in [-0.4, -0.2) is 23.4 Å². The maximum absolute atomic E-state index is 10.3. The molecule has 5 rings (SSSR count). The van der Waals surface area contributed by atoms with Gasteiger partial charge in [-0.25, -0.2) is 9.98 Å². The van der Waals surface area contributed by atoms with Gasteiger partial charge in [-0.15, -0.1) is 0 Å². The lowest BCUT2D eigenvalue weighted by molar-refractivity contribution is 0.414. The molecule has 0 bridgehead atoms. The Bertz CT molecular complexity index is 1230. The Balaban J connectivity index is 1.53. The van der Waals surface area contributed by atoms with Crippen molar-refractivity contribution in [1.82, 2.24) is 4.98 Å². The average Bonchev–Trinajstić information content (AvgIpc) is 3.16. The molecule has 0 unspecified atom stereocenters. The SMILES string of the molecule is COc1ccc2c(c1)CCc1sc(N=Cc3c(O)ccc4ccccc34)nc1-2. The summed E-state index contributed by atoms with van der Waals surface area (Å²) in [5.74, 6) is 1.10. The van der Waals surface area contributed by atoms with Crippen LogP contribution in [0.4, 0.5) is 5.13 Å². The molecule has 4 nitrogen and oxygen atoms in total. The van der Waals surface area contributed by atoms with Crippen LogP contribution in [0.25, 0.3) is 22.0 Å². The van der Waals surface area contributed by atoms with Crippen LogP contribution in [0.15, 0.2) is 59.6 Å². The number of hydrogen-bond acceptors (Lipinski definition) is 5. The molecule has 1 N–H and O–H groups in total. The second-order valence-corrected chi connectivity index (χ2v) is 7.83. The van der Waals surface area contributed by atoms with Gasteiger partial charge in [0.25, 0.3) is 0 Å². The number of ether oxygens (including phenoxy) is 1. The fraction of sp³-hybridized carbons (Fsp3) is 0.130. The standard InChI is InChI=1S/C23H18N2O2S/c1-27-16-8-9-18-15(12-16)7-11-21-22(18)25-23(28-21)24-13-19-17-5-3-2-4-14(17)6-10-20(19)26/h2-6,8-10,12-13,26H,7,11H2,1H3. The molecule has 5 heteroatoms. The summed E-state index contributed by atoms with van der Waals surface area (Å²) < 4.78 is 5.34. The highest BCUT2D eigenvalue weighted by Crippen LogP contribution is 2.40. The van der Waals surface area contributed by atoms with Gasteiger partial charge < -0.3 is 9.84 Å². The molecule has 1 aromatic heterocycles. The van der Waals surface area contributed by atoms with Crippen molar-refractivity contribution >= 4 is 33.5 Å². The maximum Gasteiger partial charge on any atom is 0.209 e. The first-order valence-corrected chi connectivity index (χ1v) is 9.96. The predicted octanol–water partition coefficient (Wildman–Crippen LogP) is 5.53. The van der Waals surface area contributed by atoms with Gasteiger partial charge in [0.1, 0.15) is 11.5 Å². The van der Waals surface area contributed by atoms with E-state index in [0.717, 1.165) is 46.2 Å². The minimum atomic E-state index is 0.223. The van der Waals surface area contributed by atoms with E-state index in [0.29, 0.717) is 5.13 Å². The van der Waals surface area contributed by atoms with Crippen LogP contribution in [0.1, 0.15) is 16.0 Å². The molecular weight excluding hydrogens is 368 g/mol. The quantitative estimate of drug-likeness (QED) is 0.471. The van der Waals surface area contributed by atoms with Crippen molar-refractivity contribution in [3.63, 3.8) is 0 Å². The van der Waals surface area contributed by atoms with Gasteiger partial charge in [-0.2, -0.15) is 0 Å². The summed E-state index contributed by atoms with van der Waals surface area (Å²) in [5, 5.41) is 13.1. The first kappa shape index (κ1) is 17.0. The average molecular weight is 386 g/mol. The molecule has 3 aromatic carbocycles. The summed E-state index contributed by atoms with van der Waals surface area (Å²) in [4.78, 5) is 10.6. The number of benzene rings is 3. The number of aromatic hydroxyl groups is 1. The Labute approximate surface area is 166 Å². The van der Waals surface area contributed by atoms with Crippen molar-refractivity contribution in [1.29, 1.82) is 0 Å². The Morgan fingerprint density at radius 3 is 2.89 bits per heavy atom. The van der Waals surface area contributed by atoms with Gasteiger partial charge in [-0.05, 0) is 53.4 Å². The zero-order valence-electron chi connectivity index (χ0n) is 15.3. The fourth-order valence-electron chi connectivity index (χ4n) is 3.70. The highest BCUT2D eigenvalue weighted by Gasteiger charge is 2.21. The molecule has 0 fully saturated rings. The monoisotopic (exact) mass is 386 g/mol. The number of phenolic OH excluding ortho intramolecular Hbond substituents is 1. The number of aromatic nitrogens is 1. The van der Waals surface area contributed by atoms with E-state index >= 15 is 0 Å². The molecule has 0 radical (unpaired) electrons. The van der Waals surface area contributed by atoms with Crippen molar-refractivity contribution in [3.8, 4) is 22.8 Å². The molecule has 1 heterocycles. The third-order valence-corrected chi connectivity index (χ3v) is 6.15. The molecule has 1 aliphatic carbocycles. The number of nitrogens with zero attached hydrogens (tertiary/aromatic N) is 2. The van der Waals surface area contributed by atoms with Crippen molar-refractivity contribution < 1.29 is 9.84 Å². The Hall–Kier alpha value is -3.18. The van der Waals surface area contributed by atoms with Crippen LogP contribution in [0.2, 0.25) is 0 Å². The number of aryl methyl sites for hydroxylation is 2. The van der Waals surface area contributed by atoms with Gasteiger partial charge in [0.2, 0.25) is 5.13 Å². The number of phenols is 1. The lowest BCUT2D eigenvalue weighted by Gasteiger charge is -2.15. The predicted molar refractivity (Wildman–Crippen MR) is 114 cm³/mol. The van der Waals surface area contributed by atoms with E-state index in [4.69, 9.17) is 9.72 Å². The van der Waals surface area contributed by atoms with Crippen molar-refractivity contribution in [3.05, 3.63) is 70.6 Å². The molecule has 4 aromatic rings. The minimum absolute atomic E-state index is 0.223. The Morgan fingerprint density at radius 1 is 1.11 bits per heavy atom. The highest BCUT2D eigenvalue weighted by molar-refractivity contribution is 7.15. The lowest BCUT2D eigenvalue weighted by atomic mass is 9.93. The molecular formula is C23H18N2O2S. The largest absolute Gasteiger partial charge is 0.507 e. The summed E-state index contributed by atoms with van der Waals surface area (Å²) in [6, 6.07) is 17.7. The van der Waals surface area contributed by atoms with E-state index < -0.39 is 0 Å². The second-order valence-electron chi connectivity index (χ2n) is 6.77. The van der Waals surface area contributed by atoms with Gasteiger partial charge in [-0.1, -0.05) is 41.7 Å². The first-order valence-electron chi connectivity index (χ1n) is 9.15. The molecule has 0 saturated heterocycles. The number of methoxy groups -OCH3 is 1. The molecule has 0 atom stereocenters. The third-order valence-electron chi connectivity index (χ3n) is 5.13.